The summed E-state index contributed by atoms with van der Waals surface area (Å²) in [5, 5.41) is 8.92. The van der Waals surface area contributed by atoms with Gasteiger partial charge in [0, 0.05) is 19.5 Å². The van der Waals surface area contributed by atoms with Crippen LogP contribution in [0.2, 0.25) is 0 Å². The van der Waals surface area contributed by atoms with E-state index in [-0.39, 0.29) is 17.6 Å². The number of ether oxygens (including phenoxy) is 1. The average Bonchev–Trinajstić information content (AvgIpc) is 2.72. The third-order valence-electron chi connectivity index (χ3n) is 4.95. The van der Waals surface area contributed by atoms with E-state index < -0.39 is 5.97 Å². The van der Waals surface area contributed by atoms with Gasteiger partial charge in [-0.3, -0.25) is 4.79 Å². The quantitative estimate of drug-likeness (QED) is 0.813. The number of hydrogen-bond donors (Lipinski definition) is 1. The highest BCUT2D eigenvalue weighted by molar-refractivity contribution is 5.87. The molecule has 2 aromatic rings. The maximum atomic E-state index is 12.4. The Hall–Kier alpha value is -2.66. The van der Waals surface area contributed by atoms with Gasteiger partial charge in [-0.25, -0.2) is 4.79 Å². The van der Waals surface area contributed by atoms with Crippen LogP contribution in [-0.2, 0) is 22.6 Å². The highest BCUT2D eigenvalue weighted by atomic mass is 16.5. The summed E-state index contributed by atoms with van der Waals surface area (Å²) in [5.41, 5.74) is 2.42. The molecule has 2 aromatic carbocycles. The van der Waals surface area contributed by atoms with Crippen LogP contribution in [0.15, 0.2) is 54.6 Å². The Morgan fingerprint density at radius 2 is 1.63 bits per heavy atom. The van der Waals surface area contributed by atoms with Crippen molar-refractivity contribution in [3.8, 4) is 0 Å². The number of benzene rings is 2. The van der Waals surface area contributed by atoms with E-state index in [1.54, 1.807) is 24.3 Å². The van der Waals surface area contributed by atoms with Crippen LogP contribution in [0.5, 0.6) is 0 Å². The normalized spacial score (nSPS) is 14.9. The van der Waals surface area contributed by atoms with Gasteiger partial charge in [0.2, 0.25) is 5.91 Å². The highest BCUT2D eigenvalue weighted by Gasteiger charge is 2.23. The summed E-state index contributed by atoms with van der Waals surface area (Å²) in [5.74, 6) is -0.784. The number of piperidine rings is 1. The molecule has 0 aromatic heterocycles. The second-order valence-corrected chi connectivity index (χ2v) is 6.88. The molecule has 0 atom stereocenters. The van der Waals surface area contributed by atoms with Gasteiger partial charge in [0.15, 0.2) is 0 Å². The number of carboxylic acid groups (broad SMARTS) is 1. The first-order valence-electron chi connectivity index (χ1n) is 9.37. The maximum absolute atomic E-state index is 12.4. The predicted molar refractivity (Wildman–Crippen MR) is 103 cm³/mol. The number of aromatic carboxylic acids is 1. The summed E-state index contributed by atoms with van der Waals surface area (Å²) in [6, 6.07) is 16.8. The van der Waals surface area contributed by atoms with E-state index >= 15 is 0 Å². The first kappa shape index (κ1) is 19.1. The van der Waals surface area contributed by atoms with Gasteiger partial charge >= 0.3 is 5.97 Å². The number of nitrogens with zero attached hydrogens (tertiary/aromatic N) is 1. The molecule has 0 unspecified atom stereocenters. The largest absolute Gasteiger partial charge is 0.478 e. The van der Waals surface area contributed by atoms with Crippen LogP contribution in [0.1, 0.15) is 40.7 Å². The van der Waals surface area contributed by atoms with Crippen molar-refractivity contribution in [3.05, 3.63) is 71.3 Å². The molecule has 1 saturated heterocycles. The fourth-order valence-electron chi connectivity index (χ4n) is 3.28. The van der Waals surface area contributed by atoms with Gasteiger partial charge < -0.3 is 14.7 Å². The molecule has 0 spiro atoms. The average molecular weight is 367 g/mol. The first-order valence-corrected chi connectivity index (χ1v) is 9.37. The van der Waals surface area contributed by atoms with Gasteiger partial charge in [-0.05, 0) is 42.5 Å². The Balaban J connectivity index is 1.38. The van der Waals surface area contributed by atoms with E-state index in [0.717, 1.165) is 31.5 Å². The van der Waals surface area contributed by atoms with Gasteiger partial charge in [-0.1, -0.05) is 42.5 Å². The number of carbonyl (C=O) groups excluding carboxylic acids is 1. The summed E-state index contributed by atoms with van der Waals surface area (Å²) in [7, 11) is 0. The van der Waals surface area contributed by atoms with E-state index in [4.69, 9.17) is 9.84 Å². The van der Waals surface area contributed by atoms with Gasteiger partial charge in [-0.15, -0.1) is 0 Å². The number of rotatable bonds is 7. The van der Waals surface area contributed by atoms with E-state index in [2.05, 4.69) is 12.1 Å². The lowest BCUT2D eigenvalue weighted by Gasteiger charge is -2.32. The number of hydrogen-bond acceptors (Lipinski definition) is 3. The van der Waals surface area contributed by atoms with Crippen LogP contribution in [0.4, 0.5) is 0 Å². The minimum atomic E-state index is -0.935. The van der Waals surface area contributed by atoms with Crippen molar-refractivity contribution < 1.29 is 19.4 Å². The lowest BCUT2D eigenvalue weighted by molar-refractivity contribution is -0.134. The zero-order valence-electron chi connectivity index (χ0n) is 15.3. The second-order valence-electron chi connectivity index (χ2n) is 6.88. The van der Waals surface area contributed by atoms with Crippen molar-refractivity contribution in [3.63, 3.8) is 0 Å². The van der Waals surface area contributed by atoms with Crippen molar-refractivity contribution in [2.24, 2.45) is 0 Å². The van der Waals surface area contributed by atoms with Crippen LogP contribution in [-0.4, -0.2) is 41.1 Å². The molecule has 1 aliphatic heterocycles. The van der Waals surface area contributed by atoms with Gasteiger partial charge in [-0.2, -0.15) is 0 Å². The lowest BCUT2D eigenvalue weighted by Crippen LogP contribution is -2.40. The highest BCUT2D eigenvalue weighted by Crippen LogP contribution is 2.17. The molecule has 142 valence electrons. The van der Waals surface area contributed by atoms with Crippen molar-refractivity contribution in [1.82, 2.24) is 4.90 Å². The van der Waals surface area contributed by atoms with E-state index in [1.807, 2.05) is 23.1 Å². The minimum absolute atomic E-state index is 0.152. The number of carbonyl (C=O) groups is 2. The lowest BCUT2D eigenvalue weighted by atomic mass is 10.0. The van der Waals surface area contributed by atoms with E-state index in [1.165, 1.54) is 5.56 Å². The molecule has 1 amide bonds. The van der Waals surface area contributed by atoms with Crippen molar-refractivity contribution in [2.75, 3.05) is 13.1 Å². The smallest absolute Gasteiger partial charge is 0.335 e. The van der Waals surface area contributed by atoms with E-state index in [0.29, 0.717) is 19.4 Å². The Morgan fingerprint density at radius 3 is 2.26 bits per heavy atom. The number of likely N-dealkylation sites (tertiary alicyclic amines) is 1. The molecule has 5 nitrogen and oxygen atoms in total. The van der Waals surface area contributed by atoms with Crippen LogP contribution < -0.4 is 0 Å². The number of aryl methyl sites for hydroxylation is 1. The molecule has 27 heavy (non-hydrogen) atoms. The molecule has 5 heteroatoms. The molecule has 0 aliphatic carbocycles. The second kappa shape index (κ2) is 9.33. The third-order valence-corrected chi connectivity index (χ3v) is 4.95. The predicted octanol–water partition coefficient (Wildman–Crippen LogP) is 3.53. The topological polar surface area (TPSA) is 66.8 Å². The Morgan fingerprint density at radius 1 is 0.963 bits per heavy atom. The maximum Gasteiger partial charge on any atom is 0.335 e. The molecular formula is C22H25NO4. The van der Waals surface area contributed by atoms with Crippen LogP contribution >= 0.6 is 0 Å². The zero-order chi connectivity index (χ0) is 19.1. The standard InChI is InChI=1S/C22H25NO4/c24-21(11-8-17-6-9-19(10-7-17)22(25)26)23-14-12-20(13-15-23)27-16-18-4-2-1-3-5-18/h1-7,9-10,20H,8,11-16H2,(H,25,26). The summed E-state index contributed by atoms with van der Waals surface area (Å²) in [6.45, 7) is 2.08. The third kappa shape index (κ3) is 5.66. The van der Waals surface area contributed by atoms with Crippen LogP contribution in [0, 0.1) is 0 Å². The van der Waals surface area contributed by atoms with Crippen molar-refractivity contribution >= 4 is 11.9 Å². The molecule has 1 aliphatic rings. The molecular weight excluding hydrogens is 342 g/mol. The van der Waals surface area contributed by atoms with Crippen molar-refractivity contribution in [1.29, 1.82) is 0 Å². The minimum Gasteiger partial charge on any atom is -0.478 e. The molecule has 1 N–H and O–H groups in total. The number of carboxylic acids is 1. The molecule has 3 rings (SSSR count). The molecule has 1 fully saturated rings. The Bertz CT molecular complexity index is 750. The summed E-state index contributed by atoms with van der Waals surface area (Å²) in [4.78, 5) is 25.2. The Kier molecular flexibility index (Phi) is 6.60. The number of amides is 1. The Labute approximate surface area is 159 Å². The SMILES string of the molecule is O=C(O)c1ccc(CCC(=O)N2CCC(OCc3ccccc3)CC2)cc1. The van der Waals surface area contributed by atoms with Crippen molar-refractivity contribution in [2.45, 2.75) is 38.4 Å². The molecule has 0 radical (unpaired) electrons. The monoisotopic (exact) mass is 367 g/mol. The molecule has 1 heterocycles. The van der Waals surface area contributed by atoms with Gasteiger partial charge in [0.1, 0.15) is 0 Å². The fraction of sp³-hybridized carbons (Fsp3) is 0.364. The molecule has 0 saturated carbocycles. The fourth-order valence-corrected chi connectivity index (χ4v) is 3.28. The van der Waals surface area contributed by atoms with Gasteiger partial charge in [0.25, 0.3) is 0 Å². The first-order chi connectivity index (χ1) is 13.1. The van der Waals surface area contributed by atoms with Gasteiger partial charge in [0.05, 0.1) is 18.3 Å². The summed E-state index contributed by atoms with van der Waals surface area (Å²) < 4.78 is 5.97. The zero-order valence-corrected chi connectivity index (χ0v) is 15.3. The van der Waals surface area contributed by atoms with Crippen LogP contribution in [0.3, 0.4) is 0 Å². The van der Waals surface area contributed by atoms with E-state index in [9.17, 15) is 9.59 Å². The summed E-state index contributed by atoms with van der Waals surface area (Å²) in [6.07, 6.45) is 3.01. The van der Waals surface area contributed by atoms with Crippen LogP contribution in [0.25, 0.3) is 0 Å². The molecule has 0 bridgehead atoms. The summed E-state index contributed by atoms with van der Waals surface area (Å²) >= 11 is 0.